The van der Waals surface area contributed by atoms with Crippen LogP contribution in [-0.2, 0) is 16.2 Å². The molecule has 6 nitrogen and oxygen atoms in total. The number of para-hydroxylation sites is 1. The summed E-state index contributed by atoms with van der Waals surface area (Å²) in [5, 5.41) is 2.73. The van der Waals surface area contributed by atoms with Crippen molar-refractivity contribution in [2.45, 2.75) is 6.61 Å². The molecule has 1 fully saturated rings. The lowest BCUT2D eigenvalue weighted by Gasteiger charge is -2.25. The number of carbonyl (C=O) groups is 3. The van der Waals surface area contributed by atoms with Crippen molar-refractivity contribution in [2.24, 2.45) is 0 Å². The lowest BCUT2D eigenvalue weighted by molar-refractivity contribution is -0.129. The van der Waals surface area contributed by atoms with Crippen LogP contribution in [0, 0.1) is 0 Å². The molecule has 2 aromatic rings. The van der Waals surface area contributed by atoms with Gasteiger partial charge >= 0.3 is 6.03 Å². The monoisotopic (exact) mass is 396 g/mol. The van der Waals surface area contributed by atoms with Gasteiger partial charge in [-0.2, -0.15) is 0 Å². The van der Waals surface area contributed by atoms with Crippen LogP contribution in [0.15, 0.2) is 66.8 Å². The minimum Gasteiger partial charge on any atom is -0.488 e. The van der Waals surface area contributed by atoms with Crippen LogP contribution in [0.3, 0.4) is 0 Å². The van der Waals surface area contributed by atoms with Gasteiger partial charge in [-0.1, -0.05) is 54.1 Å². The van der Waals surface area contributed by atoms with Gasteiger partial charge in [-0.05, 0) is 18.2 Å². The summed E-state index contributed by atoms with van der Waals surface area (Å²) < 4.78 is 5.84. The summed E-state index contributed by atoms with van der Waals surface area (Å²) in [4.78, 5) is 37.5. The van der Waals surface area contributed by atoms with E-state index in [1.54, 1.807) is 30.3 Å². The van der Waals surface area contributed by atoms with Gasteiger partial charge in [0.25, 0.3) is 11.8 Å². The van der Waals surface area contributed by atoms with Crippen molar-refractivity contribution in [1.82, 2.24) is 10.2 Å². The number of hydrogen-bond donors (Lipinski definition) is 1. The maximum absolute atomic E-state index is 12.5. The summed E-state index contributed by atoms with van der Waals surface area (Å²) >= 11 is 6.15. The van der Waals surface area contributed by atoms with Gasteiger partial charge in [0.05, 0.1) is 0 Å². The first-order valence-corrected chi connectivity index (χ1v) is 8.84. The third kappa shape index (κ3) is 4.13. The number of hydrogen-bond acceptors (Lipinski definition) is 4. The summed E-state index contributed by atoms with van der Waals surface area (Å²) in [7, 11) is 0. The molecule has 3 rings (SSSR count). The highest BCUT2D eigenvalue weighted by Gasteiger charge is 2.35. The van der Waals surface area contributed by atoms with E-state index in [2.05, 4.69) is 11.9 Å². The van der Waals surface area contributed by atoms with E-state index in [1.807, 2.05) is 18.2 Å². The van der Waals surface area contributed by atoms with Gasteiger partial charge in [-0.3, -0.25) is 19.8 Å². The van der Waals surface area contributed by atoms with E-state index in [-0.39, 0.29) is 18.7 Å². The minimum absolute atomic E-state index is 0.0000598. The van der Waals surface area contributed by atoms with Crippen LogP contribution in [0.1, 0.15) is 11.1 Å². The van der Waals surface area contributed by atoms with Gasteiger partial charge in [0.1, 0.15) is 17.9 Å². The van der Waals surface area contributed by atoms with Crippen molar-refractivity contribution in [2.75, 3.05) is 6.54 Å². The summed E-state index contributed by atoms with van der Waals surface area (Å²) in [6, 6.07) is 13.5. The Morgan fingerprint density at radius 1 is 1.07 bits per heavy atom. The smallest absolute Gasteiger partial charge is 0.331 e. The molecule has 0 bridgehead atoms. The van der Waals surface area contributed by atoms with Crippen LogP contribution in [-0.4, -0.2) is 29.3 Å². The van der Waals surface area contributed by atoms with E-state index in [0.29, 0.717) is 16.3 Å². The molecule has 0 aliphatic carbocycles. The van der Waals surface area contributed by atoms with E-state index in [0.717, 1.165) is 10.5 Å². The summed E-state index contributed by atoms with van der Waals surface area (Å²) in [6.45, 7) is 3.74. The third-order valence-corrected chi connectivity index (χ3v) is 4.43. The molecule has 1 saturated heterocycles. The van der Waals surface area contributed by atoms with Crippen molar-refractivity contribution < 1.29 is 19.1 Å². The first-order valence-electron chi connectivity index (χ1n) is 8.46. The van der Waals surface area contributed by atoms with Gasteiger partial charge in [0.15, 0.2) is 0 Å². The Bertz CT molecular complexity index is 984. The molecule has 28 heavy (non-hydrogen) atoms. The van der Waals surface area contributed by atoms with Crippen molar-refractivity contribution in [3.05, 3.63) is 82.9 Å². The Morgan fingerprint density at radius 2 is 1.79 bits per heavy atom. The maximum atomic E-state index is 12.5. The lowest BCUT2D eigenvalue weighted by atomic mass is 10.1. The zero-order chi connectivity index (χ0) is 20.1. The molecule has 0 saturated carbocycles. The molecule has 4 amide bonds. The average molecular weight is 397 g/mol. The molecule has 7 heteroatoms. The molecule has 0 spiro atoms. The predicted octanol–water partition coefficient (Wildman–Crippen LogP) is 3.57. The van der Waals surface area contributed by atoms with Crippen molar-refractivity contribution in [3.8, 4) is 5.75 Å². The second-order valence-corrected chi connectivity index (χ2v) is 6.35. The number of halogens is 1. The molecule has 1 aliphatic heterocycles. The molecule has 1 aliphatic rings. The molecular formula is C21H17ClN2O4. The van der Waals surface area contributed by atoms with Crippen molar-refractivity contribution >= 4 is 35.5 Å². The number of carbonyl (C=O) groups excluding carboxylic acids is 3. The zero-order valence-electron chi connectivity index (χ0n) is 14.9. The summed E-state index contributed by atoms with van der Waals surface area (Å²) in [5.74, 6) is -0.964. The van der Waals surface area contributed by atoms with Crippen LogP contribution in [0.5, 0.6) is 5.75 Å². The summed E-state index contributed by atoms with van der Waals surface area (Å²) in [6.07, 6.45) is 2.81. The average Bonchev–Trinajstić information content (AvgIpc) is 2.68. The van der Waals surface area contributed by atoms with Crippen molar-refractivity contribution in [1.29, 1.82) is 0 Å². The van der Waals surface area contributed by atoms with Gasteiger partial charge in [-0.25, -0.2) is 4.79 Å². The molecule has 0 atom stereocenters. The molecule has 1 N–H and O–H groups in total. The van der Waals surface area contributed by atoms with Crippen LogP contribution < -0.4 is 10.1 Å². The molecular weight excluding hydrogens is 380 g/mol. The number of amides is 4. The Kier molecular flexibility index (Phi) is 5.91. The highest BCUT2D eigenvalue weighted by atomic mass is 35.5. The number of nitrogens with one attached hydrogen (secondary N) is 1. The topological polar surface area (TPSA) is 75.7 Å². The molecule has 0 radical (unpaired) electrons. The number of ether oxygens (including phenoxy) is 1. The summed E-state index contributed by atoms with van der Waals surface area (Å²) in [5.41, 5.74) is 1.18. The number of nitrogens with zero attached hydrogens (tertiary/aromatic N) is 1. The highest BCUT2D eigenvalue weighted by Crippen LogP contribution is 2.25. The highest BCUT2D eigenvalue weighted by molar-refractivity contribution is 6.31. The standard InChI is InChI=1S/C21H17ClN2O4/c1-2-11-24-20(26)16(19(25)23-21(24)27)12-14-7-4-6-10-18(14)28-13-15-8-3-5-9-17(15)22/h2-10,12H,1,11,13H2,(H,23,25,27)/b16-12+. The molecule has 2 aromatic carbocycles. The fourth-order valence-electron chi connectivity index (χ4n) is 2.65. The van der Waals surface area contributed by atoms with E-state index in [4.69, 9.17) is 16.3 Å². The second kappa shape index (κ2) is 8.54. The van der Waals surface area contributed by atoms with E-state index >= 15 is 0 Å². The number of benzene rings is 2. The predicted molar refractivity (Wildman–Crippen MR) is 106 cm³/mol. The second-order valence-electron chi connectivity index (χ2n) is 5.94. The van der Waals surface area contributed by atoms with Gasteiger partial charge < -0.3 is 4.74 Å². The zero-order valence-corrected chi connectivity index (χ0v) is 15.6. The maximum Gasteiger partial charge on any atom is 0.331 e. The molecule has 142 valence electrons. The minimum atomic E-state index is -0.768. The lowest BCUT2D eigenvalue weighted by Crippen LogP contribution is -2.54. The van der Waals surface area contributed by atoms with Gasteiger partial charge in [0, 0.05) is 22.7 Å². The number of barbiturate groups is 1. The third-order valence-electron chi connectivity index (χ3n) is 4.06. The Hall–Kier alpha value is -3.38. The first-order chi connectivity index (χ1) is 13.5. The van der Waals surface area contributed by atoms with Crippen LogP contribution >= 0.6 is 11.6 Å². The van der Waals surface area contributed by atoms with Crippen molar-refractivity contribution in [3.63, 3.8) is 0 Å². The SMILES string of the molecule is C=CCN1C(=O)NC(=O)/C(=C\c2ccccc2OCc2ccccc2Cl)C1=O. The van der Waals surface area contributed by atoms with Crippen LogP contribution in [0.4, 0.5) is 4.79 Å². The van der Waals surface area contributed by atoms with E-state index in [1.165, 1.54) is 12.2 Å². The number of urea groups is 1. The largest absolute Gasteiger partial charge is 0.488 e. The van der Waals surface area contributed by atoms with Crippen LogP contribution in [0.2, 0.25) is 5.02 Å². The Labute approximate surface area is 167 Å². The fraction of sp³-hybridized carbons (Fsp3) is 0.0952. The van der Waals surface area contributed by atoms with Gasteiger partial charge in [0.2, 0.25) is 0 Å². The van der Waals surface area contributed by atoms with Crippen LogP contribution in [0.25, 0.3) is 6.08 Å². The fourth-order valence-corrected chi connectivity index (χ4v) is 2.84. The molecule has 1 heterocycles. The number of imide groups is 2. The quantitative estimate of drug-likeness (QED) is 0.460. The van der Waals surface area contributed by atoms with Gasteiger partial charge in [-0.15, -0.1) is 6.58 Å². The molecule has 0 aromatic heterocycles. The normalized spacial score (nSPS) is 15.5. The Balaban J connectivity index is 1.88. The van der Waals surface area contributed by atoms with E-state index < -0.39 is 17.8 Å². The first kappa shape index (κ1) is 19.4. The number of rotatable bonds is 6. The molecule has 0 unspecified atom stereocenters. The van der Waals surface area contributed by atoms with E-state index in [9.17, 15) is 14.4 Å². The Morgan fingerprint density at radius 3 is 2.54 bits per heavy atom.